The van der Waals surface area contributed by atoms with Crippen molar-refractivity contribution in [3.8, 4) is 17.1 Å². The molecule has 2 aromatic rings. The number of nitrogens with zero attached hydrogens (tertiary/aromatic N) is 3. The fourth-order valence-electron chi connectivity index (χ4n) is 2.40. The van der Waals surface area contributed by atoms with Gasteiger partial charge < -0.3 is 14.2 Å². The van der Waals surface area contributed by atoms with Gasteiger partial charge in [-0.2, -0.15) is 4.98 Å². The van der Waals surface area contributed by atoms with Gasteiger partial charge in [-0.25, -0.2) is 0 Å². The summed E-state index contributed by atoms with van der Waals surface area (Å²) in [6, 6.07) is 8.29. The first-order valence-electron chi connectivity index (χ1n) is 6.99. The van der Waals surface area contributed by atoms with Gasteiger partial charge >= 0.3 is 6.01 Å². The molecule has 0 amide bonds. The van der Waals surface area contributed by atoms with Crippen molar-refractivity contribution in [2.24, 2.45) is 5.92 Å². The first kappa shape index (κ1) is 13.0. The smallest absolute Gasteiger partial charge is 0.324 e. The Bertz CT molecular complexity index is 557. The Morgan fingerprint density at radius 2 is 1.90 bits per heavy atom. The maximum Gasteiger partial charge on any atom is 0.324 e. The van der Waals surface area contributed by atoms with Crippen LogP contribution in [-0.4, -0.2) is 30.3 Å². The third kappa shape index (κ3) is 2.61. The maximum atomic E-state index is 5.38. The third-order valence-electron chi connectivity index (χ3n) is 3.82. The van der Waals surface area contributed by atoms with Gasteiger partial charge in [-0.05, 0) is 43.0 Å². The zero-order valence-electron chi connectivity index (χ0n) is 11.9. The number of hydrogen-bond acceptors (Lipinski definition) is 5. The Labute approximate surface area is 118 Å². The lowest BCUT2D eigenvalue weighted by Gasteiger charge is -2.28. The molecule has 1 saturated heterocycles. The Morgan fingerprint density at radius 1 is 1.20 bits per heavy atom. The van der Waals surface area contributed by atoms with Crippen molar-refractivity contribution in [1.82, 2.24) is 10.1 Å². The average molecular weight is 273 g/mol. The Hall–Kier alpha value is -2.04. The van der Waals surface area contributed by atoms with Crippen molar-refractivity contribution in [3.05, 3.63) is 24.3 Å². The Morgan fingerprint density at radius 3 is 2.55 bits per heavy atom. The van der Waals surface area contributed by atoms with Gasteiger partial charge in [-0.3, -0.25) is 0 Å². The predicted octanol–water partition coefficient (Wildman–Crippen LogP) is 2.98. The summed E-state index contributed by atoms with van der Waals surface area (Å²) in [4.78, 5) is 6.66. The van der Waals surface area contributed by atoms with E-state index in [9.17, 15) is 0 Å². The topological polar surface area (TPSA) is 51.4 Å². The zero-order valence-corrected chi connectivity index (χ0v) is 11.9. The van der Waals surface area contributed by atoms with Crippen LogP contribution in [0.3, 0.4) is 0 Å². The molecule has 0 radical (unpaired) electrons. The molecule has 20 heavy (non-hydrogen) atoms. The molecule has 1 aliphatic heterocycles. The monoisotopic (exact) mass is 273 g/mol. The summed E-state index contributed by atoms with van der Waals surface area (Å²) in [5.74, 6) is 2.24. The molecule has 1 aromatic carbocycles. The molecule has 5 heteroatoms. The van der Waals surface area contributed by atoms with E-state index in [0.29, 0.717) is 11.8 Å². The minimum absolute atomic E-state index is 0.626. The van der Waals surface area contributed by atoms with Crippen molar-refractivity contribution in [1.29, 1.82) is 0 Å². The van der Waals surface area contributed by atoms with E-state index >= 15 is 0 Å². The fourth-order valence-corrected chi connectivity index (χ4v) is 2.40. The van der Waals surface area contributed by atoms with Crippen molar-refractivity contribution in [2.45, 2.75) is 19.8 Å². The van der Waals surface area contributed by atoms with Gasteiger partial charge in [0.2, 0.25) is 5.82 Å². The molecule has 1 fully saturated rings. The largest absolute Gasteiger partial charge is 0.497 e. The van der Waals surface area contributed by atoms with Gasteiger partial charge in [0.05, 0.1) is 7.11 Å². The standard InChI is InChI=1S/C15H19N3O2/c1-11-7-9-18(10-8-11)15-16-14(17-20-15)12-3-5-13(19-2)6-4-12/h3-6,11H,7-10H2,1-2H3. The van der Waals surface area contributed by atoms with Gasteiger partial charge in [0.15, 0.2) is 0 Å². The van der Waals surface area contributed by atoms with Crippen LogP contribution in [0.25, 0.3) is 11.4 Å². The summed E-state index contributed by atoms with van der Waals surface area (Å²) in [7, 11) is 1.65. The number of hydrogen-bond donors (Lipinski definition) is 0. The van der Waals surface area contributed by atoms with Crippen LogP contribution in [0.5, 0.6) is 5.75 Å². The molecule has 5 nitrogen and oxygen atoms in total. The lowest BCUT2D eigenvalue weighted by molar-refractivity contribution is 0.377. The van der Waals surface area contributed by atoms with Gasteiger partial charge in [-0.15, -0.1) is 0 Å². The van der Waals surface area contributed by atoms with E-state index in [0.717, 1.165) is 30.3 Å². The number of rotatable bonds is 3. The van der Waals surface area contributed by atoms with E-state index in [1.807, 2.05) is 24.3 Å². The molecule has 1 aliphatic rings. The number of methoxy groups -OCH3 is 1. The molecule has 0 N–H and O–H groups in total. The van der Waals surface area contributed by atoms with Gasteiger partial charge in [0.25, 0.3) is 0 Å². The van der Waals surface area contributed by atoms with Gasteiger partial charge in [0, 0.05) is 18.7 Å². The van der Waals surface area contributed by atoms with E-state index < -0.39 is 0 Å². The minimum atomic E-state index is 0.626. The molecule has 106 valence electrons. The minimum Gasteiger partial charge on any atom is -0.497 e. The molecule has 0 spiro atoms. The van der Waals surface area contributed by atoms with Crippen LogP contribution in [-0.2, 0) is 0 Å². The van der Waals surface area contributed by atoms with Crippen molar-refractivity contribution < 1.29 is 9.26 Å². The summed E-state index contributed by atoms with van der Waals surface area (Å²) in [5.41, 5.74) is 0.936. The second kappa shape index (κ2) is 5.53. The molecule has 0 atom stereocenters. The molecule has 0 unspecified atom stereocenters. The first-order chi connectivity index (χ1) is 9.76. The lowest BCUT2D eigenvalue weighted by Crippen LogP contribution is -2.32. The van der Waals surface area contributed by atoms with Crippen LogP contribution in [0.4, 0.5) is 6.01 Å². The second-order valence-electron chi connectivity index (χ2n) is 5.30. The molecular weight excluding hydrogens is 254 g/mol. The molecule has 0 bridgehead atoms. The highest BCUT2D eigenvalue weighted by Crippen LogP contribution is 2.25. The van der Waals surface area contributed by atoms with Crippen LogP contribution in [0.1, 0.15) is 19.8 Å². The highest BCUT2D eigenvalue weighted by Gasteiger charge is 2.20. The zero-order chi connectivity index (χ0) is 13.9. The van der Waals surface area contributed by atoms with Crippen LogP contribution >= 0.6 is 0 Å². The second-order valence-corrected chi connectivity index (χ2v) is 5.30. The predicted molar refractivity (Wildman–Crippen MR) is 76.9 cm³/mol. The van der Waals surface area contributed by atoms with Crippen LogP contribution < -0.4 is 9.64 Å². The van der Waals surface area contributed by atoms with Gasteiger partial charge in [0.1, 0.15) is 5.75 Å². The van der Waals surface area contributed by atoms with E-state index in [-0.39, 0.29) is 0 Å². The van der Waals surface area contributed by atoms with Crippen LogP contribution in [0, 0.1) is 5.92 Å². The van der Waals surface area contributed by atoms with Gasteiger partial charge in [-0.1, -0.05) is 12.1 Å². The highest BCUT2D eigenvalue weighted by molar-refractivity contribution is 5.56. The molecular formula is C15H19N3O2. The molecule has 1 aromatic heterocycles. The number of ether oxygens (including phenoxy) is 1. The van der Waals surface area contributed by atoms with Crippen LogP contribution in [0.15, 0.2) is 28.8 Å². The van der Waals surface area contributed by atoms with Crippen molar-refractivity contribution >= 4 is 6.01 Å². The molecule has 3 rings (SSSR count). The number of anilines is 1. The molecule has 0 aliphatic carbocycles. The first-order valence-corrected chi connectivity index (χ1v) is 6.99. The highest BCUT2D eigenvalue weighted by atomic mass is 16.5. The van der Waals surface area contributed by atoms with E-state index in [1.54, 1.807) is 7.11 Å². The molecule has 2 heterocycles. The van der Waals surface area contributed by atoms with Crippen molar-refractivity contribution in [3.63, 3.8) is 0 Å². The summed E-state index contributed by atoms with van der Waals surface area (Å²) < 4.78 is 10.5. The van der Waals surface area contributed by atoms with E-state index in [1.165, 1.54) is 12.8 Å². The summed E-state index contributed by atoms with van der Waals surface area (Å²) >= 11 is 0. The van der Waals surface area contributed by atoms with Crippen LogP contribution in [0.2, 0.25) is 0 Å². The number of benzene rings is 1. The summed E-state index contributed by atoms with van der Waals surface area (Å²) in [6.07, 6.45) is 2.36. The molecule has 0 saturated carbocycles. The van der Waals surface area contributed by atoms with E-state index in [4.69, 9.17) is 9.26 Å². The average Bonchev–Trinajstić information content (AvgIpc) is 2.98. The summed E-state index contributed by atoms with van der Waals surface area (Å²) in [6.45, 7) is 4.27. The number of piperidine rings is 1. The SMILES string of the molecule is COc1ccc(-c2noc(N3CCC(C)CC3)n2)cc1. The Balaban J connectivity index is 1.75. The number of aromatic nitrogens is 2. The third-order valence-corrected chi connectivity index (χ3v) is 3.82. The quantitative estimate of drug-likeness (QED) is 0.860. The lowest BCUT2D eigenvalue weighted by atomic mass is 10.00. The Kier molecular flexibility index (Phi) is 3.58. The van der Waals surface area contributed by atoms with E-state index in [2.05, 4.69) is 22.0 Å². The van der Waals surface area contributed by atoms with Crippen molar-refractivity contribution in [2.75, 3.05) is 25.1 Å². The summed E-state index contributed by atoms with van der Waals surface area (Å²) in [5, 5.41) is 4.07. The maximum absolute atomic E-state index is 5.38. The normalized spacial score (nSPS) is 16.4. The fraction of sp³-hybridized carbons (Fsp3) is 0.467.